The molecule has 0 radical (unpaired) electrons. The molecule has 5 rings (SSSR count). The number of fused-ring (bicyclic) bond motifs is 1. The normalized spacial score (nSPS) is 11.3. The lowest BCUT2D eigenvalue weighted by atomic mass is 10.2. The summed E-state index contributed by atoms with van der Waals surface area (Å²) in [7, 11) is 0. The van der Waals surface area contributed by atoms with Gasteiger partial charge in [0.2, 0.25) is 11.7 Å². The largest absolute Gasteiger partial charge is 0.411 e. The summed E-state index contributed by atoms with van der Waals surface area (Å²) in [5.41, 5.74) is 2.79. The third-order valence-corrected chi connectivity index (χ3v) is 5.39. The monoisotopic (exact) mass is 453 g/mol. The van der Waals surface area contributed by atoms with Gasteiger partial charge in [0.25, 0.3) is 11.1 Å². The van der Waals surface area contributed by atoms with E-state index >= 15 is 0 Å². The molecule has 0 aliphatic rings. The summed E-state index contributed by atoms with van der Waals surface area (Å²) in [6.45, 7) is 0. The van der Waals surface area contributed by atoms with Gasteiger partial charge in [-0.05, 0) is 18.2 Å². The van der Waals surface area contributed by atoms with Crippen molar-refractivity contribution in [2.75, 3.05) is 0 Å². The zero-order chi connectivity index (χ0) is 18.9. The molecule has 138 valence electrons. The van der Waals surface area contributed by atoms with Crippen molar-refractivity contribution in [1.82, 2.24) is 25.3 Å². The molecule has 5 aromatic rings. The van der Waals surface area contributed by atoms with E-state index in [0.29, 0.717) is 28.6 Å². The van der Waals surface area contributed by atoms with Crippen molar-refractivity contribution >= 4 is 38.6 Å². The van der Waals surface area contributed by atoms with Gasteiger partial charge >= 0.3 is 0 Å². The Morgan fingerprint density at radius 3 is 2.93 bits per heavy atom. The Bertz CT molecular complexity index is 1260. The standard InChI is InChI=1S/C19H12BrN5O2S/c20-12-5-3-4-11(8-12)17-22-16(27-25-17)10-28-19-24-23-18(26-19)14-9-21-15-7-2-1-6-13(14)15/h1-9,21H,10H2. The first-order chi connectivity index (χ1) is 13.8. The number of hydrogen-bond donors (Lipinski definition) is 1. The van der Waals surface area contributed by atoms with Crippen LogP contribution in [0.1, 0.15) is 5.89 Å². The number of thioether (sulfide) groups is 1. The van der Waals surface area contributed by atoms with Crippen molar-refractivity contribution < 1.29 is 8.94 Å². The zero-order valence-electron chi connectivity index (χ0n) is 14.3. The van der Waals surface area contributed by atoms with Crippen molar-refractivity contribution in [3.63, 3.8) is 0 Å². The molecule has 0 unspecified atom stereocenters. The second kappa shape index (κ2) is 7.25. The molecule has 0 spiro atoms. The molecular formula is C19H12BrN5O2S. The number of rotatable bonds is 5. The van der Waals surface area contributed by atoms with Gasteiger partial charge in [0.15, 0.2) is 0 Å². The van der Waals surface area contributed by atoms with Gasteiger partial charge in [0, 0.05) is 27.1 Å². The van der Waals surface area contributed by atoms with Gasteiger partial charge in [0.05, 0.1) is 11.3 Å². The first kappa shape index (κ1) is 17.2. The Morgan fingerprint density at radius 1 is 1.07 bits per heavy atom. The number of para-hydroxylation sites is 1. The minimum Gasteiger partial charge on any atom is -0.411 e. The summed E-state index contributed by atoms with van der Waals surface area (Å²) in [4.78, 5) is 7.62. The lowest BCUT2D eigenvalue weighted by Crippen LogP contribution is -1.83. The number of halogens is 1. The van der Waals surface area contributed by atoms with E-state index in [1.165, 1.54) is 11.8 Å². The highest BCUT2D eigenvalue weighted by Gasteiger charge is 2.15. The first-order valence-corrected chi connectivity index (χ1v) is 10.2. The maximum absolute atomic E-state index is 5.79. The van der Waals surface area contributed by atoms with Gasteiger partial charge < -0.3 is 13.9 Å². The van der Waals surface area contributed by atoms with Crippen LogP contribution in [0.2, 0.25) is 0 Å². The van der Waals surface area contributed by atoms with Crippen LogP contribution >= 0.6 is 27.7 Å². The van der Waals surface area contributed by atoms with E-state index in [1.807, 2.05) is 54.7 Å². The number of benzene rings is 2. The van der Waals surface area contributed by atoms with Crippen LogP contribution in [0.4, 0.5) is 0 Å². The average molecular weight is 454 g/mol. The number of nitrogens with one attached hydrogen (secondary N) is 1. The summed E-state index contributed by atoms with van der Waals surface area (Å²) >= 11 is 4.79. The van der Waals surface area contributed by atoms with E-state index < -0.39 is 0 Å². The van der Waals surface area contributed by atoms with E-state index in [2.05, 4.69) is 41.3 Å². The van der Waals surface area contributed by atoms with Crippen LogP contribution in [-0.2, 0) is 5.75 Å². The van der Waals surface area contributed by atoms with E-state index in [0.717, 1.165) is 26.5 Å². The predicted molar refractivity (Wildman–Crippen MR) is 109 cm³/mol. The Hall–Kier alpha value is -2.91. The zero-order valence-corrected chi connectivity index (χ0v) is 16.7. The second-order valence-corrected chi connectivity index (χ2v) is 7.77. The molecule has 3 aromatic heterocycles. The van der Waals surface area contributed by atoms with Gasteiger partial charge in [-0.1, -0.05) is 63.2 Å². The molecule has 0 amide bonds. The molecular weight excluding hydrogens is 442 g/mol. The number of hydrogen-bond acceptors (Lipinski definition) is 7. The third kappa shape index (κ3) is 3.34. The van der Waals surface area contributed by atoms with Gasteiger partial charge in [-0.3, -0.25) is 0 Å². The summed E-state index contributed by atoms with van der Waals surface area (Å²) in [5.74, 6) is 1.95. The highest BCUT2D eigenvalue weighted by Crippen LogP contribution is 2.30. The van der Waals surface area contributed by atoms with Gasteiger partial charge in [0.1, 0.15) is 0 Å². The van der Waals surface area contributed by atoms with Crippen molar-refractivity contribution in [3.05, 3.63) is 65.1 Å². The van der Waals surface area contributed by atoms with E-state index in [4.69, 9.17) is 8.94 Å². The van der Waals surface area contributed by atoms with Crippen LogP contribution in [0.5, 0.6) is 0 Å². The molecule has 0 fully saturated rings. The molecule has 7 nitrogen and oxygen atoms in total. The molecule has 9 heteroatoms. The fourth-order valence-electron chi connectivity index (χ4n) is 2.81. The third-order valence-electron chi connectivity index (χ3n) is 4.10. The van der Waals surface area contributed by atoms with Gasteiger partial charge in [-0.15, -0.1) is 10.2 Å². The fraction of sp³-hybridized carbons (Fsp3) is 0.0526. The SMILES string of the molecule is Brc1cccc(-c2noc(CSc3nnc(-c4c[nH]c5ccccc45)o3)n2)c1. The van der Waals surface area contributed by atoms with E-state index in [9.17, 15) is 0 Å². The van der Waals surface area contributed by atoms with Crippen molar-refractivity contribution in [1.29, 1.82) is 0 Å². The number of H-pyrrole nitrogens is 1. The highest BCUT2D eigenvalue weighted by atomic mass is 79.9. The second-order valence-electron chi connectivity index (χ2n) is 5.93. The highest BCUT2D eigenvalue weighted by molar-refractivity contribution is 9.10. The van der Waals surface area contributed by atoms with Crippen molar-refractivity contribution in [2.24, 2.45) is 0 Å². The molecule has 0 bridgehead atoms. The average Bonchev–Trinajstić information content (AvgIpc) is 3.45. The maximum atomic E-state index is 5.79. The quantitative estimate of drug-likeness (QED) is 0.359. The molecule has 2 aromatic carbocycles. The van der Waals surface area contributed by atoms with Crippen LogP contribution in [0, 0.1) is 0 Å². The van der Waals surface area contributed by atoms with Gasteiger partial charge in [-0.2, -0.15) is 4.98 Å². The Balaban J connectivity index is 1.31. The van der Waals surface area contributed by atoms with Crippen molar-refractivity contribution in [2.45, 2.75) is 11.0 Å². The molecule has 0 saturated carbocycles. The smallest absolute Gasteiger partial charge is 0.277 e. The molecule has 3 heterocycles. The summed E-state index contributed by atoms with van der Waals surface area (Å²) in [6.07, 6.45) is 1.87. The molecule has 0 aliphatic heterocycles. The minimum atomic E-state index is 0.441. The van der Waals surface area contributed by atoms with E-state index in [1.54, 1.807) is 0 Å². The number of aromatic nitrogens is 5. The van der Waals surface area contributed by atoms with Crippen LogP contribution < -0.4 is 0 Å². The Kier molecular flexibility index (Phi) is 4.46. The summed E-state index contributed by atoms with van der Waals surface area (Å²) < 4.78 is 12.1. The molecule has 0 saturated heterocycles. The molecule has 0 atom stereocenters. The Labute approximate surface area is 171 Å². The van der Waals surface area contributed by atoms with Crippen LogP contribution in [0.3, 0.4) is 0 Å². The lowest BCUT2D eigenvalue weighted by Gasteiger charge is -1.94. The number of aromatic amines is 1. The Morgan fingerprint density at radius 2 is 2.00 bits per heavy atom. The van der Waals surface area contributed by atoms with Crippen LogP contribution in [-0.4, -0.2) is 25.3 Å². The fourth-order valence-corrected chi connectivity index (χ4v) is 3.81. The van der Waals surface area contributed by atoms with Gasteiger partial charge in [-0.25, -0.2) is 0 Å². The van der Waals surface area contributed by atoms with Crippen molar-refractivity contribution in [3.8, 4) is 22.8 Å². The lowest BCUT2D eigenvalue weighted by molar-refractivity contribution is 0.391. The minimum absolute atomic E-state index is 0.441. The first-order valence-electron chi connectivity index (χ1n) is 8.37. The molecule has 0 aliphatic carbocycles. The number of nitrogens with zero attached hydrogens (tertiary/aromatic N) is 4. The predicted octanol–water partition coefficient (Wildman–Crippen LogP) is 5.32. The summed E-state index contributed by atoms with van der Waals surface area (Å²) in [5, 5.41) is 13.8. The summed E-state index contributed by atoms with van der Waals surface area (Å²) in [6, 6.07) is 15.7. The van der Waals surface area contributed by atoms with E-state index in [-0.39, 0.29) is 0 Å². The maximum Gasteiger partial charge on any atom is 0.277 e. The molecule has 1 N–H and O–H groups in total. The van der Waals surface area contributed by atoms with Crippen LogP contribution in [0.15, 0.2) is 73.4 Å². The molecule has 28 heavy (non-hydrogen) atoms. The topological polar surface area (TPSA) is 93.6 Å². The van der Waals surface area contributed by atoms with Crippen LogP contribution in [0.25, 0.3) is 33.7 Å².